The maximum atomic E-state index is 12.2. The molecule has 0 aliphatic rings. The van der Waals surface area contributed by atoms with Gasteiger partial charge in [-0.05, 0) is 79.8 Å². The Balaban J connectivity index is 1.48. The normalized spacial score (nSPS) is 10.7. The predicted molar refractivity (Wildman–Crippen MR) is 129 cm³/mol. The molecule has 0 unspecified atom stereocenters. The molecule has 2 aromatic carbocycles. The van der Waals surface area contributed by atoms with Gasteiger partial charge in [0, 0.05) is 12.1 Å². The Labute approximate surface area is 193 Å². The lowest BCUT2D eigenvalue weighted by Crippen LogP contribution is -2.27. The predicted octanol–water partition coefficient (Wildman–Crippen LogP) is 4.54. The molecule has 1 aromatic heterocycles. The van der Waals surface area contributed by atoms with Crippen LogP contribution in [0, 0.1) is 20.8 Å². The summed E-state index contributed by atoms with van der Waals surface area (Å²) in [5, 5.41) is 12.3. The molecule has 0 aliphatic heterocycles. The monoisotopic (exact) mass is 451 g/mol. The van der Waals surface area contributed by atoms with Crippen molar-refractivity contribution in [3.8, 4) is 22.8 Å². The molecule has 3 rings (SSSR count). The van der Waals surface area contributed by atoms with Gasteiger partial charge in [0.05, 0.1) is 25.7 Å². The molecule has 0 aliphatic carbocycles. The highest BCUT2D eigenvalue weighted by Crippen LogP contribution is 2.28. The Morgan fingerprint density at radius 2 is 1.66 bits per heavy atom. The molecule has 1 heterocycles. The minimum atomic E-state index is -0.0358. The van der Waals surface area contributed by atoms with Crippen LogP contribution < -0.4 is 14.8 Å². The highest BCUT2D eigenvalue weighted by Gasteiger charge is 2.09. The molecular weight excluding hydrogens is 422 g/mol. The number of amides is 1. The van der Waals surface area contributed by atoms with E-state index < -0.39 is 0 Å². The van der Waals surface area contributed by atoms with Crippen LogP contribution in [0.1, 0.15) is 22.3 Å². The van der Waals surface area contributed by atoms with E-state index in [9.17, 15) is 4.79 Å². The molecule has 0 saturated carbocycles. The molecule has 3 aromatic rings. The van der Waals surface area contributed by atoms with E-state index in [1.165, 1.54) is 28.5 Å². The van der Waals surface area contributed by atoms with E-state index in [1.54, 1.807) is 14.2 Å². The van der Waals surface area contributed by atoms with E-state index in [0.717, 1.165) is 21.8 Å². The summed E-state index contributed by atoms with van der Waals surface area (Å²) < 4.78 is 10.6. The van der Waals surface area contributed by atoms with Gasteiger partial charge in [0.1, 0.15) is 5.03 Å². The Kier molecular flexibility index (Phi) is 8.11. The van der Waals surface area contributed by atoms with Crippen LogP contribution in [0.4, 0.5) is 0 Å². The molecule has 168 valence electrons. The number of rotatable bonds is 9. The second-order valence-corrected chi connectivity index (χ2v) is 8.58. The first kappa shape index (κ1) is 23.6. The zero-order valence-corrected chi connectivity index (χ0v) is 20.0. The fourth-order valence-corrected chi connectivity index (χ4v) is 3.99. The van der Waals surface area contributed by atoms with E-state index in [1.807, 2.05) is 30.3 Å². The van der Waals surface area contributed by atoms with Crippen molar-refractivity contribution in [1.29, 1.82) is 0 Å². The van der Waals surface area contributed by atoms with Crippen LogP contribution in [-0.2, 0) is 11.2 Å². The van der Waals surface area contributed by atoms with Gasteiger partial charge in [-0.15, -0.1) is 10.2 Å². The molecule has 0 atom stereocenters. The molecule has 1 amide bonds. The number of benzene rings is 2. The Bertz CT molecular complexity index is 1080. The van der Waals surface area contributed by atoms with Crippen LogP contribution in [0.5, 0.6) is 11.5 Å². The summed E-state index contributed by atoms with van der Waals surface area (Å²) in [6.45, 7) is 6.83. The fourth-order valence-electron chi connectivity index (χ4n) is 3.35. The number of aromatic nitrogens is 2. The van der Waals surface area contributed by atoms with Crippen molar-refractivity contribution in [1.82, 2.24) is 15.5 Å². The number of nitrogens with zero attached hydrogens (tertiary/aromatic N) is 2. The number of carbonyl (C=O) groups excluding carboxylic acids is 1. The number of carbonyl (C=O) groups is 1. The summed E-state index contributed by atoms with van der Waals surface area (Å²) in [7, 11) is 3.22. The van der Waals surface area contributed by atoms with E-state index in [4.69, 9.17) is 9.47 Å². The number of hydrogen-bond donors (Lipinski definition) is 1. The molecule has 7 heteroatoms. The SMILES string of the molecule is COc1ccc(CCNC(=O)CSc2ccc(-c3cc(C)c(C)cc3C)nn2)cc1OC. The number of hydrogen-bond acceptors (Lipinski definition) is 6. The van der Waals surface area contributed by atoms with Crippen molar-refractivity contribution >= 4 is 17.7 Å². The van der Waals surface area contributed by atoms with Gasteiger partial charge in [-0.25, -0.2) is 0 Å². The molecule has 0 fully saturated rings. The minimum Gasteiger partial charge on any atom is -0.493 e. The summed E-state index contributed by atoms with van der Waals surface area (Å²) in [6, 6.07) is 14.0. The van der Waals surface area contributed by atoms with Crippen LogP contribution in [0.3, 0.4) is 0 Å². The van der Waals surface area contributed by atoms with Gasteiger partial charge < -0.3 is 14.8 Å². The summed E-state index contributed by atoms with van der Waals surface area (Å²) in [5.41, 5.74) is 6.67. The summed E-state index contributed by atoms with van der Waals surface area (Å²) >= 11 is 1.38. The molecule has 0 saturated heterocycles. The standard InChI is InChI=1S/C25H29N3O3S/c1-16-12-18(3)20(13-17(16)2)21-7-9-25(28-27-21)32-15-24(29)26-11-10-19-6-8-22(30-4)23(14-19)31-5/h6-9,12-14H,10-11,15H2,1-5H3,(H,26,29). The van der Waals surface area contributed by atoms with Gasteiger partial charge in [0.25, 0.3) is 0 Å². The maximum absolute atomic E-state index is 12.2. The molecule has 0 radical (unpaired) electrons. The minimum absolute atomic E-state index is 0.0358. The zero-order valence-electron chi connectivity index (χ0n) is 19.2. The van der Waals surface area contributed by atoms with Crippen LogP contribution >= 0.6 is 11.8 Å². The second-order valence-electron chi connectivity index (χ2n) is 7.59. The molecule has 0 spiro atoms. The van der Waals surface area contributed by atoms with Crippen molar-refractivity contribution in [3.63, 3.8) is 0 Å². The maximum Gasteiger partial charge on any atom is 0.230 e. The van der Waals surface area contributed by atoms with E-state index in [0.29, 0.717) is 30.2 Å². The van der Waals surface area contributed by atoms with Crippen molar-refractivity contribution in [3.05, 3.63) is 64.7 Å². The third kappa shape index (κ3) is 6.01. The Morgan fingerprint density at radius 3 is 2.34 bits per heavy atom. The number of methoxy groups -OCH3 is 2. The van der Waals surface area contributed by atoms with Crippen LogP contribution in [-0.4, -0.2) is 42.6 Å². The van der Waals surface area contributed by atoms with Gasteiger partial charge in [0.15, 0.2) is 11.5 Å². The van der Waals surface area contributed by atoms with Gasteiger partial charge in [-0.2, -0.15) is 0 Å². The number of nitrogens with one attached hydrogen (secondary N) is 1. The van der Waals surface area contributed by atoms with Gasteiger partial charge in [-0.3, -0.25) is 4.79 Å². The molecule has 0 bridgehead atoms. The van der Waals surface area contributed by atoms with Crippen LogP contribution in [0.2, 0.25) is 0 Å². The average molecular weight is 452 g/mol. The largest absolute Gasteiger partial charge is 0.493 e. The summed E-state index contributed by atoms with van der Waals surface area (Å²) in [4.78, 5) is 12.2. The highest BCUT2D eigenvalue weighted by molar-refractivity contribution is 7.99. The lowest BCUT2D eigenvalue weighted by Gasteiger charge is -2.10. The van der Waals surface area contributed by atoms with Crippen molar-refractivity contribution in [2.75, 3.05) is 26.5 Å². The summed E-state index contributed by atoms with van der Waals surface area (Å²) in [5.74, 6) is 1.63. The van der Waals surface area contributed by atoms with E-state index >= 15 is 0 Å². The summed E-state index contributed by atoms with van der Waals surface area (Å²) in [6.07, 6.45) is 0.709. The number of aryl methyl sites for hydroxylation is 3. The molecular formula is C25H29N3O3S. The Morgan fingerprint density at radius 1 is 0.906 bits per heavy atom. The first-order valence-corrected chi connectivity index (χ1v) is 11.4. The van der Waals surface area contributed by atoms with Crippen LogP contribution in [0.15, 0.2) is 47.5 Å². The van der Waals surface area contributed by atoms with Gasteiger partial charge >= 0.3 is 0 Å². The van der Waals surface area contributed by atoms with Crippen molar-refractivity contribution < 1.29 is 14.3 Å². The van der Waals surface area contributed by atoms with E-state index in [-0.39, 0.29) is 5.91 Å². The first-order valence-electron chi connectivity index (χ1n) is 10.4. The van der Waals surface area contributed by atoms with Crippen LogP contribution in [0.25, 0.3) is 11.3 Å². The first-order chi connectivity index (χ1) is 15.4. The second kappa shape index (κ2) is 11.0. The smallest absolute Gasteiger partial charge is 0.230 e. The average Bonchev–Trinajstić information content (AvgIpc) is 2.80. The molecule has 1 N–H and O–H groups in total. The van der Waals surface area contributed by atoms with E-state index in [2.05, 4.69) is 48.4 Å². The fraction of sp³-hybridized carbons (Fsp3) is 0.320. The Hall–Kier alpha value is -3.06. The molecule has 6 nitrogen and oxygen atoms in total. The topological polar surface area (TPSA) is 73.3 Å². The third-order valence-corrected chi connectivity index (χ3v) is 6.21. The van der Waals surface area contributed by atoms with Crippen molar-refractivity contribution in [2.45, 2.75) is 32.2 Å². The number of ether oxygens (including phenoxy) is 2. The quantitative estimate of drug-likeness (QED) is 0.482. The van der Waals surface area contributed by atoms with Crippen molar-refractivity contribution in [2.24, 2.45) is 0 Å². The highest BCUT2D eigenvalue weighted by atomic mass is 32.2. The number of thioether (sulfide) groups is 1. The lowest BCUT2D eigenvalue weighted by atomic mass is 9.99. The van der Waals surface area contributed by atoms with Gasteiger partial charge in [-0.1, -0.05) is 23.9 Å². The zero-order chi connectivity index (χ0) is 23.1. The molecule has 32 heavy (non-hydrogen) atoms. The lowest BCUT2D eigenvalue weighted by molar-refractivity contribution is -0.118. The third-order valence-electron chi connectivity index (χ3n) is 5.29. The van der Waals surface area contributed by atoms with Gasteiger partial charge in [0.2, 0.25) is 5.91 Å².